The highest BCUT2D eigenvalue weighted by atomic mass is 32.2. The predicted molar refractivity (Wildman–Crippen MR) is 88.2 cm³/mol. The Bertz CT molecular complexity index is 710. The molecule has 0 bridgehead atoms. The van der Waals surface area contributed by atoms with E-state index in [0.717, 1.165) is 24.4 Å². The summed E-state index contributed by atoms with van der Waals surface area (Å²) >= 11 is 1.70. The van der Waals surface area contributed by atoms with Gasteiger partial charge in [-0.05, 0) is 55.7 Å². The Hall–Kier alpha value is -1.82. The molecule has 0 saturated carbocycles. The Morgan fingerprint density at radius 1 is 1.41 bits per heavy atom. The molecule has 116 valence electrons. The minimum atomic E-state index is -0.408. The Morgan fingerprint density at radius 3 is 2.91 bits per heavy atom. The van der Waals surface area contributed by atoms with Gasteiger partial charge in [-0.15, -0.1) is 0 Å². The van der Waals surface area contributed by atoms with Crippen LogP contribution < -0.4 is 5.73 Å². The first-order valence-electron chi connectivity index (χ1n) is 7.47. The highest BCUT2D eigenvalue weighted by Gasteiger charge is 2.19. The van der Waals surface area contributed by atoms with Crippen LogP contribution in [0.25, 0.3) is 5.69 Å². The van der Waals surface area contributed by atoms with Crippen molar-refractivity contribution in [3.05, 3.63) is 41.0 Å². The number of nitrogens with two attached hydrogens (primary N) is 1. The lowest BCUT2D eigenvalue weighted by atomic mass is 10.1. The molecule has 0 saturated heterocycles. The molecule has 0 spiro atoms. The number of rotatable bonds is 5. The van der Waals surface area contributed by atoms with E-state index in [-0.39, 0.29) is 11.7 Å². The zero-order valence-electron chi connectivity index (χ0n) is 12.9. The topological polar surface area (TPSA) is 73.8 Å². The maximum atomic E-state index is 11.1. The van der Waals surface area contributed by atoms with Crippen molar-refractivity contribution in [2.75, 3.05) is 6.26 Å². The predicted octanol–water partition coefficient (Wildman–Crippen LogP) is 2.21. The molecule has 1 aromatic heterocycles. The fraction of sp³-hybridized carbons (Fsp3) is 0.438. The van der Waals surface area contributed by atoms with Crippen LogP contribution in [-0.2, 0) is 24.1 Å². The largest absolute Gasteiger partial charge is 0.369 e. The molecule has 1 aliphatic rings. The number of carbonyl (C=O) groups excluding carboxylic acids is 1. The first-order chi connectivity index (χ1) is 10.6. The zero-order valence-corrected chi connectivity index (χ0v) is 13.7. The van der Waals surface area contributed by atoms with Crippen LogP contribution >= 0.6 is 11.8 Å². The number of nitrogens with zero attached hydrogens (tertiary/aromatic N) is 3. The SMILES string of the molecule is CS[C@@H](C)c1nc(CC(N)=O)nn1-c1ccc2c(c1)CCC2. The summed E-state index contributed by atoms with van der Waals surface area (Å²) in [5.41, 5.74) is 9.11. The van der Waals surface area contributed by atoms with Crippen LogP contribution in [-0.4, -0.2) is 26.9 Å². The number of fused-ring (bicyclic) bond motifs is 1. The summed E-state index contributed by atoms with van der Waals surface area (Å²) < 4.78 is 1.86. The molecular formula is C16H20N4OS. The maximum Gasteiger partial charge on any atom is 0.225 e. The summed E-state index contributed by atoms with van der Waals surface area (Å²) in [6, 6.07) is 6.46. The van der Waals surface area contributed by atoms with Gasteiger partial charge in [-0.1, -0.05) is 6.07 Å². The Morgan fingerprint density at radius 2 is 2.18 bits per heavy atom. The van der Waals surface area contributed by atoms with Crippen LogP contribution in [0.3, 0.4) is 0 Å². The first-order valence-corrected chi connectivity index (χ1v) is 8.76. The zero-order chi connectivity index (χ0) is 15.7. The van der Waals surface area contributed by atoms with E-state index >= 15 is 0 Å². The minimum absolute atomic E-state index is 0.0754. The van der Waals surface area contributed by atoms with Crippen molar-refractivity contribution in [3.8, 4) is 5.69 Å². The number of aromatic nitrogens is 3. The number of carbonyl (C=O) groups is 1. The van der Waals surface area contributed by atoms with Crippen LogP contribution in [0.4, 0.5) is 0 Å². The number of primary amides is 1. The number of aryl methyl sites for hydroxylation is 2. The average molecular weight is 316 g/mol. The molecule has 22 heavy (non-hydrogen) atoms. The van der Waals surface area contributed by atoms with Gasteiger partial charge in [0.15, 0.2) is 5.82 Å². The fourth-order valence-electron chi connectivity index (χ4n) is 2.85. The summed E-state index contributed by atoms with van der Waals surface area (Å²) in [6.07, 6.45) is 5.62. The van der Waals surface area contributed by atoms with E-state index in [4.69, 9.17) is 5.73 Å². The van der Waals surface area contributed by atoms with Gasteiger partial charge in [0.2, 0.25) is 5.91 Å². The summed E-state index contributed by atoms with van der Waals surface area (Å²) in [7, 11) is 0. The molecular weight excluding hydrogens is 296 g/mol. The Labute approximate surface area is 134 Å². The molecule has 0 radical (unpaired) electrons. The molecule has 0 unspecified atom stereocenters. The van der Waals surface area contributed by atoms with Crippen molar-refractivity contribution in [3.63, 3.8) is 0 Å². The molecule has 1 atom stereocenters. The fourth-order valence-corrected chi connectivity index (χ4v) is 3.21. The third-order valence-electron chi connectivity index (χ3n) is 4.05. The van der Waals surface area contributed by atoms with E-state index in [0.29, 0.717) is 5.82 Å². The third kappa shape index (κ3) is 2.88. The second kappa shape index (κ2) is 6.12. The highest BCUT2D eigenvalue weighted by molar-refractivity contribution is 7.98. The van der Waals surface area contributed by atoms with Gasteiger partial charge in [-0.2, -0.15) is 16.9 Å². The average Bonchev–Trinajstić information content (AvgIpc) is 3.11. The standard InChI is InChI=1S/C16H20N4OS/c1-10(22-2)16-18-15(9-14(17)21)19-20(16)13-7-6-11-4-3-5-12(11)8-13/h6-8,10H,3-5,9H2,1-2H3,(H2,17,21)/t10-/m0/s1. The normalized spacial score (nSPS) is 14.8. The number of amides is 1. The van der Waals surface area contributed by atoms with Crippen molar-refractivity contribution >= 4 is 17.7 Å². The molecule has 0 fully saturated rings. The summed E-state index contributed by atoms with van der Waals surface area (Å²) in [4.78, 5) is 15.7. The van der Waals surface area contributed by atoms with Gasteiger partial charge in [0.05, 0.1) is 17.4 Å². The van der Waals surface area contributed by atoms with Gasteiger partial charge in [0.1, 0.15) is 5.82 Å². The molecule has 5 nitrogen and oxygen atoms in total. The van der Waals surface area contributed by atoms with Gasteiger partial charge in [0.25, 0.3) is 0 Å². The maximum absolute atomic E-state index is 11.1. The van der Waals surface area contributed by atoms with Crippen LogP contribution in [0.2, 0.25) is 0 Å². The van der Waals surface area contributed by atoms with Crippen molar-refractivity contribution in [1.82, 2.24) is 14.8 Å². The third-order valence-corrected chi connectivity index (χ3v) is 4.97. The Balaban J connectivity index is 2.04. The van der Waals surface area contributed by atoms with Crippen LogP contribution in [0, 0.1) is 0 Å². The lowest BCUT2D eigenvalue weighted by Gasteiger charge is -2.11. The molecule has 1 amide bonds. The molecule has 6 heteroatoms. The molecule has 1 aromatic carbocycles. The first kappa shape index (κ1) is 15.1. The van der Waals surface area contributed by atoms with Gasteiger partial charge in [-0.25, -0.2) is 9.67 Å². The summed E-state index contributed by atoms with van der Waals surface area (Å²) in [6.45, 7) is 2.09. The van der Waals surface area contributed by atoms with Crippen LogP contribution in [0.15, 0.2) is 18.2 Å². The van der Waals surface area contributed by atoms with E-state index in [1.807, 2.05) is 10.9 Å². The second-order valence-electron chi connectivity index (χ2n) is 5.63. The lowest BCUT2D eigenvalue weighted by Crippen LogP contribution is -2.14. The van der Waals surface area contributed by atoms with E-state index < -0.39 is 5.91 Å². The van der Waals surface area contributed by atoms with E-state index in [9.17, 15) is 4.79 Å². The van der Waals surface area contributed by atoms with Crippen molar-refractivity contribution in [2.45, 2.75) is 37.9 Å². The van der Waals surface area contributed by atoms with E-state index in [2.05, 4.69) is 35.2 Å². The smallest absolute Gasteiger partial charge is 0.225 e. The van der Waals surface area contributed by atoms with Crippen LogP contribution in [0.5, 0.6) is 0 Å². The molecule has 2 aromatic rings. The van der Waals surface area contributed by atoms with Crippen molar-refractivity contribution < 1.29 is 4.79 Å². The number of thioether (sulfide) groups is 1. The van der Waals surface area contributed by atoms with Crippen molar-refractivity contribution in [1.29, 1.82) is 0 Å². The quantitative estimate of drug-likeness (QED) is 0.918. The van der Waals surface area contributed by atoms with E-state index in [1.54, 1.807) is 11.8 Å². The molecule has 0 aliphatic heterocycles. The second-order valence-corrected chi connectivity index (χ2v) is 6.80. The van der Waals surface area contributed by atoms with Gasteiger partial charge in [0, 0.05) is 0 Å². The van der Waals surface area contributed by atoms with Crippen LogP contribution in [0.1, 0.15) is 41.4 Å². The molecule has 3 rings (SSSR count). The molecule has 1 heterocycles. The summed E-state index contributed by atoms with van der Waals surface area (Å²) in [5.74, 6) is 0.944. The number of hydrogen-bond donors (Lipinski definition) is 1. The molecule has 1 aliphatic carbocycles. The number of hydrogen-bond acceptors (Lipinski definition) is 4. The van der Waals surface area contributed by atoms with Gasteiger partial charge < -0.3 is 5.73 Å². The lowest BCUT2D eigenvalue weighted by molar-refractivity contribution is -0.117. The van der Waals surface area contributed by atoms with E-state index in [1.165, 1.54) is 17.5 Å². The monoisotopic (exact) mass is 316 g/mol. The Kier molecular flexibility index (Phi) is 4.20. The van der Waals surface area contributed by atoms with Crippen molar-refractivity contribution in [2.24, 2.45) is 5.73 Å². The number of benzene rings is 1. The summed E-state index contributed by atoms with van der Waals surface area (Å²) in [5, 5.41) is 4.70. The highest BCUT2D eigenvalue weighted by Crippen LogP contribution is 2.29. The molecule has 2 N–H and O–H groups in total. The van der Waals surface area contributed by atoms with Gasteiger partial charge in [-0.3, -0.25) is 4.79 Å². The minimum Gasteiger partial charge on any atom is -0.369 e. The van der Waals surface area contributed by atoms with Gasteiger partial charge >= 0.3 is 0 Å².